The fourth-order valence-electron chi connectivity index (χ4n) is 2.28. The third-order valence-electron chi connectivity index (χ3n) is 3.15. The quantitative estimate of drug-likeness (QED) is 0.833. The topological polar surface area (TPSA) is 46.3 Å². The van der Waals surface area contributed by atoms with Crippen LogP contribution in [0.4, 0.5) is 0 Å². The first-order valence-corrected chi connectivity index (χ1v) is 5.84. The molecule has 0 aliphatic carbocycles. The number of carbonyl (C=O) groups excluding carboxylic acids is 1. The maximum Gasteiger partial charge on any atom is 0.223 e. The molecule has 1 aromatic carbocycles. The van der Waals surface area contributed by atoms with Crippen molar-refractivity contribution in [2.24, 2.45) is 5.73 Å². The van der Waals surface area contributed by atoms with Gasteiger partial charge in [-0.1, -0.05) is 30.3 Å². The zero-order valence-electron chi connectivity index (χ0n) is 9.43. The average molecular weight is 218 g/mol. The molecule has 1 atom stereocenters. The summed E-state index contributed by atoms with van der Waals surface area (Å²) in [7, 11) is 0. The third-order valence-corrected chi connectivity index (χ3v) is 3.15. The number of carbonyl (C=O) groups is 1. The Balaban J connectivity index is 2.04. The smallest absolute Gasteiger partial charge is 0.223 e. The van der Waals surface area contributed by atoms with Gasteiger partial charge in [0.2, 0.25) is 5.91 Å². The fraction of sp³-hybridized carbons (Fsp3) is 0.462. The molecule has 1 aromatic rings. The molecular formula is C13H18N2O. The van der Waals surface area contributed by atoms with Crippen molar-refractivity contribution in [2.75, 3.05) is 6.54 Å². The molecule has 0 radical (unpaired) electrons. The van der Waals surface area contributed by atoms with Gasteiger partial charge in [-0.05, 0) is 24.9 Å². The molecule has 86 valence electrons. The predicted molar refractivity (Wildman–Crippen MR) is 63.7 cm³/mol. The van der Waals surface area contributed by atoms with Crippen LogP contribution in [0, 0.1) is 0 Å². The highest BCUT2D eigenvalue weighted by molar-refractivity contribution is 5.78. The zero-order chi connectivity index (χ0) is 11.4. The minimum absolute atomic E-state index is 0.266. The molecule has 1 heterocycles. The molecule has 16 heavy (non-hydrogen) atoms. The number of amides is 1. The van der Waals surface area contributed by atoms with Crippen LogP contribution in [0.1, 0.15) is 24.8 Å². The Bertz CT molecular complexity index is 350. The molecule has 3 nitrogen and oxygen atoms in total. The minimum atomic E-state index is 0.266. The SMILES string of the molecule is NCC[C@@H]1CCC(=O)N1Cc1ccccc1. The van der Waals surface area contributed by atoms with Gasteiger partial charge in [-0.3, -0.25) is 4.79 Å². The van der Waals surface area contributed by atoms with Crippen molar-refractivity contribution in [2.45, 2.75) is 31.8 Å². The predicted octanol–water partition coefficient (Wildman–Crippen LogP) is 1.53. The van der Waals surface area contributed by atoms with Crippen molar-refractivity contribution >= 4 is 5.91 Å². The van der Waals surface area contributed by atoms with Gasteiger partial charge >= 0.3 is 0 Å². The molecule has 0 bridgehead atoms. The summed E-state index contributed by atoms with van der Waals surface area (Å²) in [5, 5.41) is 0. The second-order valence-electron chi connectivity index (χ2n) is 4.28. The standard InChI is InChI=1S/C13H18N2O/c14-9-8-12-6-7-13(16)15(12)10-11-4-2-1-3-5-11/h1-5,12H,6-10,14H2/t12-/m0/s1. The lowest BCUT2D eigenvalue weighted by molar-refractivity contribution is -0.129. The summed E-state index contributed by atoms with van der Waals surface area (Å²) in [6.45, 7) is 1.38. The largest absolute Gasteiger partial charge is 0.335 e. The van der Waals surface area contributed by atoms with E-state index in [2.05, 4.69) is 12.1 Å². The Hall–Kier alpha value is -1.35. The van der Waals surface area contributed by atoms with Gasteiger partial charge in [-0.2, -0.15) is 0 Å². The van der Waals surface area contributed by atoms with Crippen LogP contribution < -0.4 is 5.73 Å². The second-order valence-corrected chi connectivity index (χ2v) is 4.28. The third kappa shape index (κ3) is 2.42. The summed E-state index contributed by atoms with van der Waals surface area (Å²) in [5.41, 5.74) is 6.77. The van der Waals surface area contributed by atoms with E-state index in [-0.39, 0.29) is 5.91 Å². The number of rotatable bonds is 4. The number of nitrogens with zero attached hydrogens (tertiary/aromatic N) is 1. The first-order chi connectivity index (χ1) is 7.81. The Morgan fingerprint density at radius 2 is 2.06 bits per heavy atom. The second kappa shape index (κ2) is 5.12. The zero-order valence-corrected chi connectivity index (χ0v) is 9.43. The van der Waals surface area contributed by atoms with Crippen LogP contribution in [0.3, 0.4) is 0 Å². The summed E-state index contributed by atoms with van der Waals surface area (Å²) in [4.78, 5) is 13.7. The molecule has 0 unspecified atom stereocenters. The monoisotopic (exact) mass is 218 g/mol. The Kier molecular flexibility index (Phi) is 3.57. The molecule has 1 amide bonds. The van der Waals surface area contributed by atoms with Gasteiger partial charge in [0.1, 0.15) is 0 Å². The Labute approximate surface area is 96.2 Å². The summed E-state index contributed by atoms with van der Waals surface area (Å²) in [5.74, 6) is 0.266. The molecule has 2 rings (SSSR count). The van der Waals surface area contributed by atoms with Crippen molar-refractivity contribution in [1.82, 2.24) is 4.90 Å². The van der Waals surface area contributed by atoms with E-state index in [1.54, 1.807) is 0 Å². The maximum absolute atomic E-state index is 11.7. The number of hydrogen-bond acceptors (Lipinski definition) is 2. The first kappa shape index (κ1) is 11.1. The number of benzene rings is 1. The van der Waals surface area contributed by atoms with E-state index >= 15 is 0 Å². The molecule has 1 aliphatic rings. The summed E-state index contributed by atoms with van der Waals surface area (Å²) in [6, 6.07) is 10.5. The highest BCUT2D eigenvalue weighted by atomic mass is 16.2. The number of hydrogen-bond donors (Lipinski definition) is 1. The first-order valence-electron chi connectivity index (χ1n) is 5.84. The number of nitrogens with two attached hydrogens (primary N) is 1. The summed E-state index contributed by atoms with van der Waals surface area (Å²) < 4.78 is 0. The van der Waals surface area contributed by atoms with E-state index in [1.807, 2.05) is 23.1 Å². The lowest BCUT2D eigenvalue weighted by atomic mass is 10.1. The van der Waals surface area contributed by atoms with Gasteiger partial charge in [-0.25, -0.2) is 0 Å². The van der Waals surface area contributed by atoms with Crippen molar-refractivity contribution < 1.29 is 4.79 Å². The molecule has 0 aromatic heterocycles. The fourth-order valence-corrected chi connectivity index (χ4v) is 2.28. The van der Waals surface area contributed by atoms with E-state index in [4.69, 9.17) is 5.73 Å². The molecule has 0 saturated carbocycles. The average Bonchev–Trinajstić information content (AvgIpc) is 2.64. The van der Waals surface area contributed by atoms with Crippen LogP contribution in [0.25, 0.3) is 0 Å². The lowest BCUT2D eigenvalue weighted by Crippen LogP contribution is -2.33. The van der Waals surface area contributed by atoms with Crippen molar-refractivity contribution in [1.29, 1.82) is 0 Å². The van der Waals surface area contributed by atoms with Gasteiger partial charge in [0.15, 0.2) is 0 Å². The molecule has 3 heteroatoms. The minimum Gasteiger partial charge on any atom is -0.335 e. The van der Waals surface area contributed by atoms with Crippen LogP contribution in [-0.2, 0) is 11.3 Å². The Morgan fingerprint density at radius 1 is 1.31 bits per heavy atom. The van der Waals surface area contributed by atoms with Crippen molar-refractivity contribution in [3.05, 3.63) is 35.9 Å². The van der Waals surface area contributed by atoms with Crippen molar-refractivity contribution in [3.8, 4) is 0 Å². The van der Waals surface area contributed by atoms with Gasteiger partial charge in [0.05, 0.1) is 0 Å². The van der Waals surface area contributed by atoms with E-state index < -0.39 is 0 Å². The highest BCUT2D eigenvalue weighted by Gasteiger charge is 2.29. The van der Waals surface area contributed by atoms with Crippen LogP contribution in [-0.4, -0.2) is 23.4 Å². The number of likely N-dealkylation sites (tertiary alicyclic amines) is 1. The molecular weight excluding hydrogens is 200 g/mol. The summed E-state index contributed by atoms with van der Waals surface area (Å²) in [6.07, 6.45) is 2.55. The Morgan fingerprint density at radius 3 is 2.75 bits per heavy atom. The van der Waals surface area contributed by atoms with Gasteiger partial charge in [-0.15, -0.1) is 0 Å². The van der Waals surface area contributed by atoms with E-state index in [9.17, 15) is 4.79 Å². The normalized spacial score (nSPS) is 20.4. The highest BCUT2D eigenvalue weighted by Crippen LogP contribution is 2.23. The molecule has 0 spiro atoms. The maximum atomic E-state index is 11.7. The van der Waals surface area contributed by atoms with Gasteiger partial charge in [0.25, 0.3) is 0 Å². The van der Waals surface area contributed by atoms with E-state index in [1.165, 1.54) is 5.56 Å². The van der Waals surface area contributed by atoms with Crippen LogP contribution in [0.2, 0.25) is 0 Å². The van der Waals surface area contributed by atoms with Crippen LogP contribution >= 0.6 is 0 Å². The van der Waals surface area contributed by atoms with E-state index in [0.29, 0.717) is 19.0 Å². The van der Waals surface area contributed by atoms with Gasteiger partial charge < -0.3 is 10.6 Å². The van der Waals surface area contributed by atoms with Crippen LogP contribution in [0.5, 0.6) is 0 Å². The van der Waals surface area contributed by atoms with E-state index in [0.717, 1.165) is 19.4 Å². The molecule has 1 saturated heterocycles. The molecule has 1 fully saturated rings. The van der Waals surface area contributed by atoms with Crippen molar-refractivity contribution in [3.63, 3.8) is 0 Å². The summed E-state index contributed by atoms with van der Waals surface area (Å²) >= 11 is 0. The lowest BCUT2D eigenvalue weighted by Gasteiger charge is -2.24. The molecule has 1 aliphatic heterocycles. The molecule has 2 N–H and O–H groups in total. The van der Waals surface area contributed by atoms with Crippen LogP contribution in [0.15, 0.2) is 30.3 Å². The van der Waals surface area contributed by atoms with Gasteiger partial charge in [0, 0.05) is 19.0 Å².